The van der Waals surface area contributed by atoms with Crippen molar-refractivity contribution in [3.63, 3.8) is 0 Å². The molecule has 1 aliphatic rings. The van der Waals surface area contributed by atoms with Crippen LogP contribution in [0.5, 0.6) is 5.75 Å². The van der Waals surface area contributed by atoms with Crippen LogP contribution in [0.25, 0.3) is 16.7 Å². The lowest BCUT2D eigenvalue weighted by molar-refractivity contribution is 0.182. The van der Waals surface area contributed by atoms with E-state index in [1.807, 2.05) is 24.5 Å². The Balaban J connectivity index is 1.18. The van der Waals surface area contributed by atoms with Gasteiger partial charge in [0.2, 0.25) is 0 Å². The number of likely N-dealkylation sites (tertiary alicyclic amines) is 1. The lowest BCUT2D eigenvalue weighted by Gasteiger charge is -2.32. The first-order chi connectivity index (χ1) is 15.8. The number of hydrogen-bond acceptors (Lipinski definition) is 4. The number of benzene rings is 3. The molecule has 0 atom stereocenters. The Labute approximate surface area is 189 Å². The summed E-state index contributed by atoms with van der Waals surface area (Å²) in [5.74, 6) is 1.56. The number of piperidine rings is 1. The van der Waals surface area contributed by atoms with E-state index in [2.05, 4.69) is 74.4 Å². The van der Waals surface area contributed by atoms with E-state index in [0.29, 0.717) is 5.92 Å². The summed E-state index contributed by atoms with van der Waals surface area (Å²) in [6.45, 7) is 4.42. The zero-order valence-corrected chi connectivity index (χ0v) is 18.6. The van der Waals surface area contributed by atoms with Crippen molar-refractivity contribution in [3.05, 3.63) is 84.7 Å². The summed E-state index contributed by atoms with van der Waals surface area (Å²) in [5, 5.41) is 3.65. The Bertz CT molecular complexity index is 1160. The predicted octanol–water partition coefficient (Wildman–Crippen LogP) is 5.36. The molecule has 32 heavy (non-hydrogen) atoms. The van der Waals surface area contributed by atoms with Gasteiger partial charge in [-0.05, 0) is 67.7 Å². The van der Waals surface area contributed by atoms with Crippen molar-refractivity contribution in [2.45, 2.75) is 19.4 Å². The van der Waals surface area contributed by atoms with Crippen molar-refractivity contribution in [1.82, 2.24) is 14.5 Å². The average molecular weight is 427 g/mol. The number of hydrogen-bond donors (Lipinski definition) is 1. The number of imidazole rings is 1. The van der Waals surface area contributed by atoms with Crippen molar-refractivity contribution in [2.75, 3.05) is 32.1 Å². The first kappa shape index (κ1) is 20.6. The third-order valence-corrected chi connectivity index (χ3v) is 6.43. The molecule has 164 valence electrons. The maximum absolute atomic E-state index is 5.36. The molecule has 0 amide bonds. The molecular weight excluding hydrogens is 396 g/mol. The third kappa shape index (κ3) is 4.63. The van der Waals surface area contributed by atoms with Crippen LogP contribution in [-0.2, 0) is 6.54 Å². The summed E-state index contributed by atoms with van der Waals surface area (Å²) in [7, 11) is 1.69. The summed E-state index contributed by atoms with van der Waals surface area (Å²) in [6, 6.07) is 25.3. The number of nitrogens with one attached hydrogen (secondary N) is 1. The summed E-state index contributed by atoms with van der Waals surface area (Å²) >= 11 is 0. The van der Waals surface area contributed by atoms with E-state index >= 15 is 0 Å². The highest BCUT2D eigenvalue weighted by Crippen LogP contribution is 2.25. The predicted molar refractivity (Wildman–Crippen MR) is 131 cm³/mol. The standard InChI is InChI=1S/C27H30N4O/c1-32-25-9-5-8-24(17-25)31-20-29-26-16-23(10-11-27(26)31)28-18-21-12-14-30(15-13-21)19-22-6-3-2-4-7-22/h2-11,16-17,20-21,28H,12-15,18-19H2,1H3. The fourth-order valence-corrected chi connectivity index (χ4v) is 4.54. The van der Waals surface area contributed by atoms with Crippen LogP contribution >= 0.6 is 0 Å². The van der Waals surface area contributed by atoms with Gasteiger partial charge < -0.3 is 10.1 Å². The molecule has 1 fully saturated rings. The minimum atomic E-state index is 0.715. The largest absolute Gasteiger partial charge is 0.497 e. The lowest BCUT2D eigenvalue weighted by Crippen LogP contribution is -2.35. The van der Waals surface area contributed by atoms with E-state index in [1.165, 1.54) is 31.5 Å². The molecule has 2 heterocycles. The van der Waals surface area contributed by atoms with Crippen LogP contribution in [0.2, 0.25) is 0 Å². The maximum Gasteiger partial charge on any atom is 0.120 e. The molecule has 1 aromatic heterocycles. The lowest BCUT2D eigenvalue weighted by atomic mass is 9.96. The van der Waals surface area contributed by atoms with Crippen LogP contribution in [0.1, 0.15) is 18.4 Å². The van der Waals surface area contributed by atoms with Crippen LogP contribution in [-0.4, -0.2) is 41.2 Å². The van der Waals surface area contributed by atoms with Gasteiger partial charge in [-0.3, -0.25) is 9.47 Å². The van der Waals surface area contributed by atoms with Gasteiger partial charge in [0.15, 0.2) is 0 Å². The van der Waals surface area contributed by atoms with Crippen LogP contribution in [0, 0.1) is 5.92 Å². The Kier molecular flexibility index (Phi) is 6.08. The van der Waals surface area contributed by atoms with Crippen molar-refractivity contribution in [2.24, 2.45) is 5.92 Å². The van der Waals surface area contributed by atoms with Crippen molar-refractivity contribution in [1.29, 1.82) is 0 Å². The molecule has 3 aromatic carbocycles. The van der Waals surface area contributed by atoms with E-state index in [9.17, 15) is 0 Å². The minimum Gasteiger partial charge on any atom is -0.497 e. The third-order valence-electron chi connectivity index (χ3n) is 6.43. The van der Waals surface area contributed by atoms with Gasteiger partial charge in [0.25, 0.3) is 0 Å². The zero-order valence-electron chi connectivity index (χ0n) is 18.6. The first-order valence-electron chi connectivity index (χ1n) is 11.4. The van der Waals surface area contributed by atoms with Gasteiger partial charge in [-0.1, -0.05) is 36.4 Å². The highest BCUT2D eigenvalue weighted by atomic mass is 16.5. The Hall–Kier alpha value is -3.31. The Morgan fingerprint density at radius 2 is 1.81 bits per heavy atom. The number of fused-ring (bicyclic) bond motifs is 1. The number of ether oxygens (including phenoxy) is 1. The van der Waals surface area contributed by atoms with Gasteiger partial charge in [-0.15, -0.1) is 0 Å². The van der Waals surface area contributed by atoms with Gasteiger partial charge in [-0.25, -0.2) is 4.98 Å². The number of aromatic nitrogens is 2. The number of methoxy groups -OCH3 is 1. The molecule has 1 saturated heterocycles. The van der Waals surface area contributed by atoms with Crippen LogP contribution in [0.15, 0.2) is 79.1 Å². The summed E-state index contributed by atoms with van der Waals surface area (Å²) in [5.41, 5.74) is 5.69. The van der Waals surface area contributed by atoms with Gasteiger partial charge in [0.1, 0.15) is 12.1 Å². The fraction of sp³-hybridized carbons (Fsp3) is 0.296. The van der Waals surface area contributed by atoms with Crippen LogP contribution < -0.4 is 10.1 Å². The monoisotopic (exact) mass is 426 g/mol. The van der Waals surface area contributed by atoms with E-state index in [4.69, 9.17) is 4.74 Å². The van der Waals surface area contributed by atoms with E-state index < -0.39 is 0 Å². The summed E-state index contributed by atoms with van der Waals surface area (Å²) in [4.78, 5) is 7.20. The van der Waals surface area contributed by atoms with E-state index in [1.54, 1.807) is 7.11 Å². The molecule has 1 aliphatic heterocycles. The summed E-state index contributed by atoms with van der Waals surface area (Å²) in [6.07, 6.45) is 4.37. The average Bonchev–Trinajstić information content (AvgIpc) is 3.28. The molecule has 0 bridgehead atoms. The van der Waals surface area contributed by atoms with Crippen molar-refractivity contribution >= 4 is 16.7 Å². The fourth-order valence-electron chi connectivity index (χ4n) is 4.54. The molecule has 0 radical (unpaired) electrons. The van der Waals surface area contributed by atoms with Crippen LogP contribution in [0.3, 0.4) is 0 Å². The second-order valence-corrected chi connectivity index (χ2v) is 8.61. The molecule has 0 aliphatic carbocycles. The van der Waals surface area contributed by atoms with Gasteiger partial charge >= 0.3 is 0 Å². The first-order valence-corrected chi connectivity index (χ1v) is 11.4. The molecule has 0 unspecified atom stereocenters. The molecule has 4 aromatic rings. The smallest absolute Gasteiger partial charge is 0.120 e. The molecule has 0 saturated carbocycles. The highest BCUT2D eigenvalue weighted by Gasteiger charge is 2.19. The zero-order chi connectivity index (χ0) is 21.8. The quantitative estimate of drug-likeness (QED) is 0.432. The SMILES string of the molecule is COc1cccc(-n2cnc3cc(NCC4CCN(Cc5ccccc5)CC4)ccc32)c1. The van der Waals surface area contributed by atoms with E-state index in [0.717, 1.165) is 41.2 Å². The highest BCUT2D eigenvalue weighted by molar-refractivity contribution is 5.81. The second-order valence-electron chi connectivity index (χ2n) is 8.61. The minimum absolute atomic E-state index is 0.715. The van der Waals surface area contributed by atoms with Gasteiger partial charge in [0.05, 0.1) is 23.8 Å². The number of rotatable bonds is 7. The molecule has 1 N–H and O–H groups in total. The molecular formula is C27H30N4O. The van der Waals surface area contributed by atoms with Gasteiger partial charge in [0, 0.05) is 24.8 Å². The van der Waals surface area contributed by atoms with Crippen molar-refractivity contribution in [3.8, 4) is 11.4 Å². The van der Waals surface area contributed by atoms with Crippen LogP contribution in [0.4, 0.5) is 5.69 Å². The summed E-state index contributed by atoms with van der Waals surface area (Å²) < 4.78 is 7.46. The second kappa shape index (κ2) is 9.45. The Morgan fingerprint density at radius 1 is 0.969 bits per heavy atom. The van der Waals surface area contributed by atoms with Gasteiger partial charge in [-0.2, -0.15) is 0 Å². The number of anilines is 1. The van der Waals surface area contributed by atoms with E-state index in [-0.39, 0.29) is 0 Å². The molecule has 5 heteroatoms. The Morgan fingerprint density at radius 3 is 2.62 bits per heavy atom. The molecule has 0 spiro atoms. The normalized spacial score (nSPS) is 15.2. The topological polar surface area (TPSA) is 42.3 Å². The maximum atomic E-state index is 5.36. The molecule has 5 nitrogen and oxygen atoms in total. The van der Waals surface area contributed by atoms with Crippen molar-refractivity contribution < 1.29 is 4.74 Å². The molecule has 5 rings (SSSR count). The number of nitrogens with zero attached hydrogens (tertiary/aromatic N) is 3.